The third-order valence-corrected chi connectivity index (χ3v) is 2.88. The SMILES string of the molecule is Cc1oncc1C(=O)N[C@@H](CO)Cc1ccccc1. The van der Waals surface area contributed by atoms with Gasteiger partial charge in [0.15, 0.2) is 0 Å². The zero-order valence-corrected chi connectivity index (χ0v) is 10.7. The maximum absolute atomic E-state index is 12.0. The van der Waals surface area contributed by atoms with Crippen molar-refractivity contribution in [3.05, 3.63) is 53.4 Å². The van der Waals surface area contributed by atoms with E-state index in [-0.39, 0.29) is 18.6 Å². The fourth-order valence-corrected chi connectivity index (χ4v) is 1.84. The molecule has 1 aromatic heterocycles. The zero-order valence-electron chi connectivity index (χ0n) is 10.7. The van der Waals surface area contributed by atoms with Gasteiger partial charge < -0.3 is 14.9 Å². The fraction of sp³-hybridized carbons (Fsp3) is 0.286. The highest BCUT2D eigenvalue weighted by Gasteiger charge is 2.17. The summed E-state index contributed by atoms with van der Waals surface area (Å²) in [5.74, 6) is 0.183. The van der Waals surface area contributed by atoms with Crippen molar-refractivity contribution >= 4 is 5.91 Å². The van der Waals surface area contributed by atoms with Gasteiger partial charge in [-0.1, -0.05) is 35.5 Å². The number of aliphatic hydroxyl groups is 1. The summed E-state index contributed by atoms with van der Waals surface area (Å²) in [6.07, 6.45) is 1.95. The smallest absolute Gasteiger partial charge is 0.256 e. The molecule has 0 spiro atoms. The van der Waals surface area contributed by atoms with Crippen LogP contribution in [0.25, 0.3) is 0 Å². The highest BCUT2D eigenvalue weighted by Crippen LogP contribution is 2.07. The second-order valence-electron chi connectivity index (χ2n) is 4.34. The van der Waals surface area contributed by atoms with Gasteiger partial charge in [-0.2, -0.15) is 0 Å². The van der Waals surface area contributed by atoms with Crippen LogP contribution < -0.4 is 5.32 Å². The Bertz CT molecular complexity index is 537. The zero-order chi connectivity index (χ0) is 13.7. The first kappa shape index (κ1) is 13.3. The van der Waals surface area contributed by atoms with E-state index in [1.807, 2.05) is 30.3 Å². The van der Waals surface area contributed by atoms with Gasteiger partial charge in [0.25, 0.3) is 5.91 Å². The lowest BCUT2D eigenvalue weighted by Crippen LogP contribution is -2.39. The number of hydrogen-bond donors (Lipinski definition) is 2. The Morgan fingerprint density at radius 2 is 2.16 bits per heavy atom. The second-order valence-corrected chi connectivity index (χ2v) is 4.34. The van der Waals surface area contributed by atoms with Crippen molar-refractivity contribution in [1.82, 2.24) is 10.5 Å². The quantitative estimate of drug-likeness (QED) is 0.850. The van der Waals surface area contributed by atoms with Crippen molar-refractivity contribution in [2.24, 2.45) is 0 Å². The molecule has 2 aromatic rings. The third-order valence-electron chi connectivity index (χ3n) is 2.88. The number of carbonyl (C=O) groups is 1. The highest BCUT2D eigenvalue weighted by molar-refractivity contribution is 5.94. The summed E-state index contributed by atoms with van der Waals surface area (Å²) in [7, 11) is 0. The van der Waals surface area contributed by atoms with Gasteiger partial charge in [0.05, 0.1) is 18.8 Å². The summed E-state index contributed by atoms with van der Waals surface area (Å²) in [6, 6.07) is 9.37. The number of nitrogens with zero attached hydrogens (tertiary/aromatic N) is 1. The summed E-state index contributed by atoms with van der Waals surface area (Å²) < 4.78 is 4.85. The van der Waals surface area contributed by atoms with Gasteiger partial charge >= 0.3 is 0 Å². The molecule has 0 aliphatic carbocycles. The maximum atomic E-state index is 12.0. The molecule has 0 saturated carbocycles. The molecule has 1 aromatic carbocycles. The van der Waals surface area contributed by atoms with Crippen molar-refractivity contribution in [1.29, 1.82) is 0 Å². The number of aliphatic hydroxyl groups excluding tert-OH is 1. The minimum Gasteiger partial charge on any atom is -0.394 e. The molecular formula is C14H16N2O3. The molecule has 5 nitrogen and oxygen atoms in total. The first-order chi connectivity index (χ1) is 9.20. The van der Waals surface area contributed by atoms with Gasteiger partial charge in [0.1, 0.15) is 11.3 Å². The van der Waals surface area contributed by atoms with Crippen LogP contribution in [0.5, 0.6) is 0 Å². The number of aryl methyl sites for hydroxylation is 1. The van der Waals surface area contributed by atoms with Crippen LogP contribution in [0, 0.1) is 6.92 Å². The van der Waals surface area contributed by atoms with Crippen LogP contribution >= 0.6 is 0 Å². The molecule has 0 fully saturated rings. The van der Waals surface area contributed by atoms with E-state index < -0.39 is 0 Å². The lowest BCUT2D eigenvalue weighted by molar-refractivity contribution is 0.0915. The topological polar surface area (TPSA) is 75.4 Å². The largest absolute Gasteiger partial charge is 0.394 e. The molecule has 0 bridgehead atoms. The van der Waals surface area contributed by atoms with E-state index in [2.05, 4.69) is 10.5 Å². The Hall–Kier alpha value is -2.14. The molecule has 2 rings (SSSR count). The number of aromatic nitrogens is 1. The van der Waals surface area contributed by atoms with Gasteiger partial charge in [0, 0.05) is 0 Å². The molecule has 0 aliphatic rings. The van der Waals surface area contributed by atoms with Gasteiger partial charge in [-0.15, -0.1) is 0 Å². The van der Waals surface area contributed by atoms with Crippen LogP contribution in [0.3, 0.4) is 0 Å². The Morgan fingerprint density at radius 1 is 1.42 bits per heavy atom. The normalized spacial score (nSPS) is 12.1. The van der Waals surface area contributed by atoms with Crippen LogP contribution in [0.15, 0.2) is 41.1 Å². The van der Waals surface area contributed by atoms with E-state index in [1.165, 1.54) is 6.20 Å². The van der Waals surface area contributed by atoms with E-state index in [0.29, 0.717) is 17.7 Å². The number of nitrogens with one attached hydrogen (secondary N) is 1. The second kappa shape index (κ2) is 6.15. The first-order valence-corrected chi connectivity index (χ1v) is 6.07. The Morgan fingerprint density at radius 3 is 2.74 bits per heavy atom. The molecule has 2 N–H and O–H groups in total. The summed E-state index contributed by atoms with van der Waals surface area (Å²) in [5.41, 5.74) is 1.45. The lowest BCUT2D eigenvalue weighted by Gasteiger charge is -2.15. The van der Waals surface area contributed by atoms with Crippen LogP contribution in [-0.2, 0) is 6.42 Å². The Balaban J connectivity index is 2.00. The van der Waals surface area contributed by atoms with Crippen LogP contribution in [0.4, 0.5) is 0 Å². The fourth-order valence-electron chi connectivity index (χ4n) is 1.84. The van der Waals surface area contributed by atoms with Crippen LogP contribution in [-0.4, -0.2) is 28.8 Å². The minimum absolute atomic E-state index is 0.120. The van der Waals surface area contributed by atoms with E-state index in [0.717, 1.165) is 5.56 Å². The van der Waals surface area contributed by atoms with Gasteiger partial charge in [-0.05, 0) is 18.9 Å². The molecule has 5 heteroatoms. The molecule has 1 amide bonds. The molecule has 0 saturated heterocycles. The van der Waals surface area contributed by atoms with E-state index in [1.54, 1.807) is 6.92 Å². The Kier molecular flexibility index (Phi) is 4.30. The predicted octanol–water partition coefficient (Wildman–Crippen LogP) is 1.32. The van der Waals surface area contributed by atoms with Gasteiger partial charge in [-0.25, -0.2) is 0 Å². The molecule has 1 heterocycles. The molecule has 1 atom stereocenters. The number of hydrogen-bond acceptors (Lipinski definition) is 4. The summed E-state index contributed by atoms with van der Waals surface area (Å²) in [6.45, 7) is 1.55. The predicted molar refractivity (Wildman–Crippen MR) is 69.7 cm³/mol. The number of amides is 1. The number of rotatable bonds is 5. The van der Waals surface area contributed by atoms with E-state index in [9.17, 15) is 9.90 Å². The van der Waals surface area contributed by atoms with Gasteiger partial charge in [0.2, 0.25) is 0 Å². The maximum Gasteiger partial charge on any atom is 0.256 e. The molecule has 0 radical (unpaired) electrons. The third kappa shape index (κ3) is 3.42. The van der Waals surface area contributed by atoms with Crippen molar-refractivity contribution in [2.75, 3.05) is 6.61 Å². The highest BCUT2D eigenvalue weighted by atomic mass is 16.5. The number of carbonyl (C=O) groups excluding carboxylic acids is 1. The molecular weight excluding hydrogens is 244 g/mol. The first-order valence-electron chi connectivity index (χ1n) is 6.07. The average molecular weight is 260 g/mol. The summed E-state index contributed by atoms with van der Waals surface area (Å²) in [5, 5.41) is 15.7. The monoisotopic (exact) mass is 260 g/mol. The molecule has 0 aliphatic heterocycles. The van der Waals surface area contributed by atoms with Crippen molar-refractivity contribution in [2.45, 2.75) is 19.4 Å². The standard InChI is InChI=1S/C14H16N2O3/c1-10-13(8-15-19-10)14(18)16-12(9-17)7-11-5-3-2-4-6-11/h2-6,8,12,17H,7,9H2,1H3,(H,16,18)/t12-/m1/s1. The molecule has 19 heavy (non-hydrogen) atoms. The average Bonchev–Trinajstić information content (AvgIpc) is 2.85. The lowest BCUT2D eigenvalue weighted by atomic mass is 10.1. The van der Waals surface area contributed by atoms with Gasteiger partial charge in [-0.3, -0.25) is 4.79 Å². The minimum atomic E-state index is -0.329. The summed E-state index contributed by atoms with van der Waals surface area (Å²) in [4.78, 5) is 12.0. The Labute approximate surface area is 111 Å². The molecule has 100 valence electrons. The van der Waals surface area contributed by atoms with E-state index >= 15 is 0 Å². The number of benzene rings is 1. The van der Waals surface area contributed by atoms with E-state index in [4.69, 9.17) is 4.52 Å². The van der Waals surface area contributed by atoms with Crippen molar-refractivity contribution < 1.29 is 14.4 Å². The summed E-state index contributed by atoms with van der Waals surface area (Å²) >= 11 is 0. The van der Waals surface area contributed by atoms with Crippen molar-refractivity contribution in [3.63, 3.8) is 0 Å². The molecule has 0 unspecified atom stereocenters. The van der Waals surface area contributed by atoms with Crippen molar-refractivity contribution in [3.8, 4) is 0 Å². The van der Waals surface area contributed by atoms with Crippen LogP contribution in [0.1, 0.15) is 21.7 Å². The van der Waals surface area contributed by atoms with Crippen LogP contribution in [0.2, 0.25) is 0 Å².